The number of hydrogen-bond acceptors (Lipinski definition) is 8. The third-order valence-electron chi connectivity index (χ3n) is 5.04. The molecule has 0 N–H and O–H groups in total. The maximum Gasteiger partial charge on any atom is 0.333 e. The molecule has 196 valence electrons. The monoisotopic (exact) mass is 514 g/mol. The Bertz CT molecular complexity index is 1160. The predicted octanol–water partition coefficient (Wildman–Crippen LogP) is 5.42. The SMILES string of the molecule is C=C(C)C(=O)OCCCOc1ccc(/C(C#N)=C(/C#N)c2ccc(OCCCOC(=O)C(=C)C)cc2)cc1. The fourth-order valence-electron chi connectivity index (χ4n) is 3.04. The lowest BCUT2D eigenvalue weighted by atomic mass is 9.96. The van der Waals surface area contributed by atoms with Gasteiger partial charge in [-0.25, -0.2) is 9.59 Å². The average molecular weight is 515 g/mol. The molecule has 0 aliphatic carbocycles. The summed E-state index contributed by atoms with van der Waals surface area (Å²) in [5, 5.41) is 19.6. The van der Waals surface area contributed by atoms with Crippen LogP contribution >= 0.6 is 0 Å². The van der Waals surface area contributed by atoms with Gasteiger partial charge in [-0.2, -0.15) is 10.5 Å². The van der Waals surface area contributed by atoms with E-state index >= 15 is 0 Å². The highest BCUT2D eigenvalue weighted by Crippen LogP contribution is 2.28. The van der Waals surface area contributed by atoms with Crippen LogP contribution in [0.15, 0.2) is 72.8 Å². The number of rotatable bonds is 14. The van der Waals surface area contributed by atoms with Crippen LogP contribution in [0.3, 0.4) is 0 Å². The third-order valence-corrected chi connectivity index (χ3v) is 5.04. The number of carbonyl (C=O) groups excluding carboxylic acids is 2. The molecule has 0 atom stereocenters. The van der Waals surface area contributed by atoms with Gasteiger partial charge in [0.2, 0.25) is 0 Å². The van der Waals surface area contributed by atoms with Gasteiger partial charge in [0.15, 0.2) is 0 Å². The smallest absolute Gasteiger partial charge is 0.333 e. The van der Waals surface area contributed by atoms with Gasteiger partial charge >= 0.3 is 11.9 Å². The molecule has 0 bridgehead atoms. The van der Waals surface area contributed by atoms with E-state index in [0.717, 1.165) is 0 Å². The van der Waals surface area contributed by atoms with E-state index in [1.165, 1.54) is 0 Å². The first-order valence-corrected chi connectivity index (χ1v) is 11.9. The summed E-state index contributed by atoms with van der Waals surface area (Å²) in [6.07, 6.45) is 1.04. The minimum Gasteiger partial charge on any atom is -0.493 e. The molecule has 0 saturated carbocycles. The highest BCUT2D eigenvalue weighted by Gasteiger charge is 2.12. The largest absolute Gasteiger partial charge is 0.493 e. The molecule has 2 rings (SSSR count). The van der Waals surface area contributed by atoms with Crippen LogP contribution in [0.1, 0.15) is 37.8 Å². The van der Waals surface area contributed by atoms with Crippen LogP contribution in [0.2, 0.25) is 0 Å². The molecule has 0 saturated heterocycles. The number of nitrogens with zero attached hydrogens (tertiary/aromatic N) is 2. The Morgan fingerprint density at radius 2 is 1.00 bits per heavy atom. The van der Waals surface area contributed by atoms with Crippen LogP contribution < -0.4 is 9.47 Å². The molecule has 2 aromatic carbocycles. The van der Waals surface area contributed by atoms with Crippen molar-refractivity contribution in [3.63, 3.8) is 0 Å². The Morgan fingerprint density at radius 1 is 0.658 bits per heavy atom. The summed E-state index contributed by atoms with van der Waals surface area (Å²) in [5.74, 6) is 0.317. The minimum atomic E-state index is -0.431. The predicted molar refractivity (Wildman–Crippen MR) is 143 cm³/mol. The van der Waals surface area contributed by atoms with Crippen LogP contribution in [0, 0.1) is 22.7 Å². The molecule has 0 fully saturated rings. The number of nitriles is 2. The molecule has 8 heteroatoms. The highest BCUT2D eigenvalue weighted by atomic mass is 16.5. The molecule has 38 heavy (non-hydrogen) atoms. The molecule has 0 aliphatic rings. The molecule has 0 aliphatic heterocycles. The van der Waals surface area contributed by atoms with Crippen LogP contribution in [-0.4, -0.2) is 38.4 Å². The number of allylic oxidation sites excluding steroid dienone is 2. The second-order valence-electron chi connectivity index (χ2n) is 8.26. The van der Waals surface area contributed by atoms with Crippen LogP contribution in [0.5, 0.6) is 11.5 Å². The van der Waals surface area contributed by atoms with Gasteiger partial charge in [-0.05, 0) is 73.5 Å². The van der Waals surface area contributed by atoms with Crippen molar-refractivity contribution in [1.82, 2.24) is 0 Å². The Hall–Kier alpha value is -4.82. The quantitative estimate of drug-likeness (QED) is 0.108. The third kappa shape index (κ3) is 9.33. The Balaban J connectivity index is 1.96. The standard InChI is InChI=1S/C30H30N2O6/c1-21(2)29(33)37-17-5-15-35-25-11-7-23(8-12-25)27(19-31)28(20-32)24-9-13-26(14-10-24)36-16-6-18-38-30(34)22(3)4/h7-14H,1,3,5-6,15-18H2,2,4H3/b28-27-. The van der Waals surface area contributed by atoms with Gasteiger partial charge in [0.1, 0.15) is 23.6 Å². The van der Waals surface area contributed by atoms with Crippen molar-refractivity contribution in [2.24, 2.45) is 0 Å². The summed E-state index contributed by atoms with van der Waals surface area (Å²) in [5.41, 5.74) is 2.32. The molecular weight excluding hydrogens is 484 g/mol. The van der Waals surface area contributed by atoms with Crippen molar-refractivity contribution >= 4 is 23.1 Å². The first-order valence-electron chi connectivity index (χ1n) is 11.9. The molecule has 0 spiro atoms. The Kier molecular flexibility index (Phi) is 11.9. The zero-order valence-electron chi connectivity index (χ0n) is 21.6. The number of carbonyl (C=O) groups is 2. The molecule has 0 amide bonds. The topological polar surface area (TPSA) is 119 Å². The summed E-state index contributed by atoms with van der Waals surface area (Å²) < 4.78 is 21.3. The fourth-order valence-corrected chi connectivity index (χ4v) is 3.04. The van der Waals surface area contributed by atoms with Crippen molar-refractivity contribution in [2.75, 3.05) is 26.4 Å². The van der Waals surface area contributed by atoms with E-state index in [4.69, 9.17) is 18.9 Å². The van der Waals surface area contributed by atoms with Crippen molar-refractivity contribution in [1.29, 1.82) is 10.5 Å². The molecule has 2 aromatic rings. The van der Waals surface area contributed by atoms with E-state index in [-0.39, 0.29) is 24.4 Å². The van der Waals surface area contributed by atoms with E-state index in [2.05, 4.69) is 25.3 Å². The summed E-state index contributed by atoms with van der Waals surface area (Å²) in [4.78, 5) is 22.7. The lowest BCUT2D eigenvalue weighted by Gasteiger charge is -2.10. The number of benzene rings is 2. The Labute approximate surface area is 223 Å². The van der Waals surface area contributed by atoms with Gasteiger partial charge in [-0.1, -0.05) is 13.2 Å². The van der Waals surface area contributed by atoms with E-state index in [1.807, 2.05) is 0 Å². The molecule has 0 unspecified atom stereocenters. The first kappa shape index (κ1) is 29.4. The maximum atomic E-state index is 11.4. The summed E-state index contributed by atoms with van der Waals surface area (Å²) in [7, 11) is 0. The van der Waals surface area contributed by atoms with Crippen molar-refractivity contribution < 1.29 is 28.5 Å². The minimum absolute atomic E-state index is 0.228. The summed E-state index contributed by atoms with van der Waals surface area (Å²) in [6.45, 7) is 11.4. The van der Waals surface area contributed by atoms with Crippen molar-refractivity contribution in [2.45, 2.75) is 26.7 Å². The van der Waals surface area contributed by atoms with E-state index < -0.39 is 11.9 Å². The van der Waals surface area contributed by atoms with Gasteiger partial charge in [0, 0.05) is 24.0 Å². The molecule has 0 aromatic heterocycles. The van der Waals surface area contributed by atoms with E-state index in [1.54, 1.807) is 62.4 Å². The van der Waals surface area contributed by atoms with Crippen molar-refractivity contribution in [3.8, 4) is 23.6 Å². The average Bonchev–Trinajstić information content (AvgIpc) is 2.91. The number of esters is 2. The maximum absolute atomic E-state index is 11.4. The zero-order valence-corrected chi connectivity index (χ0v) is 21.6. The molecular formula is C30H30N2O6. The summed E-state index contributed by atoms with van der Waals surface area (Å²) in [6, 6.07) is 18.0. The Morgan fingerprint density at radius 3 is 1.29 bits per heavy atom. The van der Waals surface area contributed by atoms with E-state index in [9.17, 15) is 20.1 Å². The van der Waals surface area contributed by atoms with Crippen LogP contribution in [0.4, 0.5) is 0 Å². The fraction of sp³-hybridized carbons (Fsp3) is 0.267. The lowest BCUT2D eigenvalue weighted by Crippen LogP contribution is -2.09. The molecule has 8 nitrogen and oxygen atoms in total. The normalized spacial score (nSPS) is 10.7. The molecule has 0 radical (unpaired) electrons. The second kappa shape index (κ2) is 15.3. The first-order chi connectivity index (χ1) is 18.3. The number of ether oxygens (including phenoxy) is 4. The van der Waals surface area contributed by atoms with Gasteiger partial charge < -0.3 is 18.9 Å². The highest BCUT2D eigenvalue weighted by molar-refractivity contribution is 6.02. The van der Waals surface area contributed by atoms with Gasteiger partial charge in [-0.3, -0.25) is 0 Å². The van der Waals surface area contributed by atoms with Crippen LogP contribution in [0.25, 0.3) is 11.1 Å². The van der Waals surface area contributed by atoms with Gasteiger partial charge in [0.25, 0.3) is 0 Å². The zero-order chi connectivity index (χ0) is 27.9. The van der Waals surface area contributed by atoms with E-state index in [0.29, 0.717) is 59.8 Å². The van der Waals surface area contributed by atoms with Crippen molar-refractivity contribution in [3.05, 3.63) is 84.0 Å². The van der Waals surface area contributed by atoms with Gasteiger partial charge in [-0.15, -0.1) is 0 Å². The molecule has 0 heterocycles. The summed E-state index contributed by atoms with van der Waals surface area (Å²) >= 11 is 0. The van der Waals surface area contributed by atoms with Gasteiger partial charge in [0.05, 0.1) is 37.6 Å². The number of hydrogen-bond donors (Lipinski definition) is 0. The second-order valence-corrected chi connectivity index (χ2v) is 8.26. The van der Waals surface area contributed by atoms with Crippen LogP contribution in [-0.2, 0) is 19.1 Å². The lowest BCUT2D eigenvalue weighted by molar-refractivity contribution is -0.140.